The molecule has 0 radical (unpaired) electrons. The second kappa shape index (κ2) is 7.33. The van der Waals surface area contributed by atoms with Crippen LogP contribution >= 0.6 is 22.9 Å². The number of fused-ring (bicyclic) bond motifs is 1. The molecule has 2 aromatic heterocycles. The zero-order valence-electron chi connectivity index (χ0n) is 14.0. The SMILES string of the molecule is COC(=O)CCS(=O)(=O)c1cc(Cl)c2ccn(-c3nnc(C(F)(F)F)s3)c2c1. The Hall–Kier alpha value is -2.18. The summed E-state index contributed by atoms with van der Waals surface area (Å²) in [6.07, 6.45) is -3.57. The van der Waals surface area contributed by atoms with Crippen LogP contribution in [0.15, 0.2) is 29.3 Å². The Morgan fingerprint density at radius 1 is 1.32 bits per heavy atom. The molecule has 13 heteroatoms. The van der Waals surface area contributed by atoms with E-state index in [1.807, 2.05) is 0 Å². The molecular formula is C15H11ClF3N3O4S2. The lowest BCUT2D eigenvalue weighted by atomic mass is 10.2. The minimum absolute atomic E-state index is 0.0912. The number of carbonyl (C=O) groups is 1. The number of ether oxygens (including phenoxy) is 1. The number of alkyl halides is 3. The maximum atomic E-state index is 12.8. The molecule has 3 aromatic rings. The molecule has 7 nitrogen and oxygen atoms in total. The summed E-state index contributed by atoms with van der Waals surface area (Å²) in [5.74, 6) is -1.19. The molecular weight excluding hydrogens is 443 g/mol. The zero-order chi connectivity index (χ0) is 20.7. The van der Waals surface area contributed by atoms with Crippen LogP contribution in [0.25, 0.3) is 16.0 Å². The average molecular weight is 454 g/mol. The third-order valence-corrected chi connectivity index (χ3v) is 6.73. The van der Waals surface area contributed by atoms with E-state index in [0.717, 1.165) is 7.11 Å². The molecule has 2 heterocycles. The van der Waals surface area contributed by atoms with Gasteiger partial charge in [-0.1, -0.05) is 22.9 Å². The molecule has 0 aliphatic heterocycles. The fraction of sp³-hybridized carbons (Fsp3) is 0.267. The van der Waals surface area contributed by atoms with Gasteiger partial charge in [-0.2, -0.15) is 13.2 Å². The number of aromatic nitrogens is 3. The van der Waals surface area contributed by atoms with E-state index in [0.29, 0.717) is 16.7 Å². The smallest absolute Gasteiger partial charge is 0.445 e. The molecule has 0 aliphatic rings. The summed E-state index contributed by atoms with van der Waals surface area (Å²) in [6.45, 7) is 0. The van der Waals surface area contributed by atoms with Crippen molar-refractivity contribution >= 4 is 49.6 Å². The molecule has 0 saturated heterocycles. The number of methoxy groups -OCH3 is 1. The van der Waals surface area contributed by atoms with Crippen molar-refractivity contribution in [2.75, 3.05) is 12.9 Å². The molecule has 0 amide bonds. The fourth-order valence-electron chi connectivity index (χ4n) is 2.38. The predicted molar refractivity (Wildman–Crippen MR) is 95.4 cm³/mol. The van der Waals surface area contributed by atoms with Gasteiger partial charge in [-0.25, -0.2) is 8.42 Å². The van der Waals surface area contributed by atoms with Crippen LogP contribution in [0.4, 0.5) is 13.2 Å². The lowest BCUT2D eigenvalue weighted by Gasteiger charge is -2.07. The number of halogens is 4. The van der Waals surface area contributed by atoms with Crippen LogP contribution in [0.1, 0.15) is 11.4 Å². The van der Waals surface area contributed by atoms with Gasteiger partial charge in [0.25, 0.3) is 0 Å². The Bertz CT molecular complexity index is 1160. The van der Waals surface area contributed by atoms with Gasteiger partial charge in [0.1, 0.15) is 0 Å². The van der Waals surface area contributed by atoms with Crippen molar-refractivity contribution in [3.8, 4) is 5.13 Å². The van der Waals surface area contributed by atoms with E-state index in [2.05, 4.69) is 14.9 Å². The van der Waals surface area contributed by atoms with E-state index in [4.69, 9.17) is 11.6 Å². The van der Waals surface area contributed by atoms with Crippen LogP contribution in [0, 0.1) is 0 Å². The second-order valence-electron chi connectivity index (χ2n) is 5.56. The molecule has 1 aromatic carbocycles. The standard InChI is InChI=1S/C15H11ClF3N3O4S2/c1-26-12(23)3-5-28(24,25)8-6-10(16)9-2-4-22(11(9)7-8)14-21-20-13(27-14)15(17,18)19/h2,4,6-7H,3,5H2,1H3. The van der Waals surface area contributed by atoms with Crippen LogP contribution in [0.5, 0.6) is 0 Å². The van der Waals surface area contributed by atoms with Crippen molar-refractivity contribution in [3.05, 3.63) is 34.4 Å². The zero-order valence-corrected chi connectivity index (χ0v) is 16.4. The first-order chi connectivity index (χ1) is 13.0. The van der Waals surface area contributed by atoms with E-state index in [1.54, 1.807) is 0 Å². The summed E-state index contributed by atoms with van der Waals surface area (Å²) >= 11 is 6.47. The molecule has 0 saturated carbocycles. The van der Waals surface area contributed by atoms with Crippen molar-refractivity contribution < 1.29 is 31.1 Å². The van der Waals surface area contributed by atoms with Crippen LogP contribution < -0.4 is 0 Å². The summed E-state index contributed by atoms with van der Waals surface area (Å²) in [6, 6.07) is 4.02. The first-order valence-corrected chi connectivity index (χ1v) is 10.4. The predicted octanol–water partition coefficient (Wildman–Crippen LogP) is 3.49. The minimum Gasteiger partial charge on any atom is -0.469 e. The Labute approximate surface area is 165 Å². The largest absolute Gasteiger partial charge is 0.469 e. The minimum atomic E-state index is -4.64. The number of sulfone groups is 1. The number of hydrogen-bond acceptors (Lipinski definition) is 7. The van der Waals surface area contributed by atoms with Gasteiger partial charge in [-0.15, -0.1) is 10.2 Å². The van der Waals surface area contributed by atoms with Gasteiger partial charge in [0.05, 0.1) is 34.7 Å². The van der Waals surface area contributed by atoms with Crippen LogP contribution in [0.3, 0.4) is 0 Å². The number of nitrogens with zero attached hydrogens (tertiary/aromatic N) is 3. The number of rotatable bonds is 5. The Balaban J connectivity index is 2.06. The Kier molecular flexibility index (Phi) is 5.38. The third-order valence-electron chi connectivity index (χ3n) is 3.76. The molecule has 28 heavy (non-hydrogen) atoms. The van der Waals surface area contributed by atoms with Crippen LogP contribution in [-0.2, 0) is 25.5 Å². The molecule has 150 valence electrons. The summed E-state index contributed by atoms with van der Waals surface area (Å²) in [7, 11) is -2.74. The van der Waals surface area contributed by atoms with E-state index in [9.17, 15) is 26.4 Å². The molecule has 0 N–H and O–H groups in total. The third kappa shape index (κ3) is 3.98. The first kappa shape index (κ1) is 20.6. The van der Waals surface area contributed by atoms with Gasteiger partial charge in [0.2, 0.25) is 10.1 Å². The van der Waals surface area contributed by atoms with Crippen molar-refractivity contribution in [2.24, 2.45) is 0 Å². The van der Waals surface area contributed by atoms with E-state index in [-0.39, 0.29) is 27.0 Å². The van der Waals surface area contributed by atoms with E-state index < -0.39 is 32.7 Å². The monoisotopic (exact) mass is 453 g/mol. The highest BCUT2D eigenvalue weighted by atomic mass is 35.5. The normalized spacial score (nSPS) is 12.5. The Morgan fingerprint density at radius 2 is 2.04 bits per heavy atom. The second-order valence-corrected chi connectivity index (χ2v) is 9.03. The first-order valence-electron chi connectivity index (χ1n) is 7.54. The van der Waals surface area contributed by atoms with Crippen LogP contribution in [-0.4, -0.2) is 42.0 Å². The van der Waals surface area contributed by atoms with Crippen molar-refractivity contribution in [1.82, 2.24) is 14.8 Å². The van der Waals surface area contributed by atoms with Crippen molar-refractivity contribution in [1.29, 1.82) is 0 Å². The topological polar surface area (TPSA) is 91.2 Å². The molecule has 0 atom stereocenters. The van der Waals surface area contributed by atoms with Gasteiger partial charge in [-0.3, -0.25) is 9.36 Å². The fourth-order valence-corrected chi connectivity index (χ4v) is 4.70. The summed E-state index contributed by atoms with van der Waals surface area (Å²) in [5, 5.41) is 5.94. The summed E-state index contributed by atoms with van der Waals surface area (Å²) in [4.78, 5) is 11.1. The number of carbonyl (C=O) groups excluding carboxylic acids is 1. The lowest BCUT2D eigenvalue weighted by molar-refractivity contribution is -0.140. The average Bonchev–Trinajstić information content (AvgIpc) is 3.26. The maximum Gasteiger partial charge on any atom is 0.445 e. The highest BCUT2D eigenvalue weighted by Gasteiger charge is 2.36. The number of esters is 1. The van der Waals surface area contributed by atoms with Crippen LogP contribution in [0.2, 0.25) is 5.02 Å². The lowest BCUT2D eigenvalue weighted by Crippen LogP contribution is -2.12. The molecule has 0 spiro atoms. The van der Waals surface area contributed by atoms with Gasteiger partial charge < -0.3 is 4.74 Å². The van der Waals surface area contributed by atoms with Gasteiger partial charge in [-0.05, 0) is 18.2 Å². The van der Waals surface area contributed by atoms with Gasteiger partial charge >= 0.3 is 12.1 Å². The van der Waals surface area contributed by atoms with Crippen molar-refractivity contribution in [2.45, 2.75) is 17.5 Å². The number of benzene rings is 1. The summed E-state index contributed by atoms with van der Waals surface area (Å²) < 4.78 is 69.1. The maximum absolute atomic E-state index is 12.8. The van der Waals surface area contributed by atoms with E-state index in [1.165, 1.54) is 29.0 Å². The molecule has 0 unspecified atom stereocenters. The molecule has 3 rings (SSSR count). The van der Waals surface area contributed by atoms with Gasteiger partial charge in [0.15, 0.2) is 9.84 Å². The Morgan fingerprint density at radius 3 is 2.64 bits per heavy atom. The highest BCUT2D eigenvalue weighted by molar-refractivity contribution is 7.91. The van der Waals surface area contributed by atoms with E-state index >= 15 is 0 Å². The number of hydrogen-bond donors (Lipinski definition) is 0. The molecule has 0 fully saturated rings. The van der Waals surface area contributed by atoms with Crippen molar-refractivity contribution in [3.63, 3.8) is 0 Å². The van der Waals surface area contributed by atoms with Gasteiger partial charge in [0, 0.05) is 11.6 Å². The highest BCUT2D eigenvalue weighted by Crippen LogP contribution is 2.35. The quantitative estimate of drug-likeness (QED) is 0.549. The summed E-state index contributed by atoms with van der Waals surface area (Å²) in [5.41, 5.74) is 0.244. The molecule has 0 aliphatic carbocycles. The molecule has 0 bridgehead atoms.